The first kappa shape index (κ1) is 22.5. The third kappa shape index (κ3) is 5.85. The monoisotopic (exact) mass is 422 g/mol. The molecule has 0 saturated heterocycles. The highest BCUT2D eigenvalue weighted by Crippen LogP contribution is 2.36. The molecule has 0 radical (unpaired) electrons. The van der Waals surface area contributed by atoms with Crippen LogP contribution in [0.3, 0.4) is 0 Å². The van der Waals surface area contributed by atoms with Gasteiger partial charge in [0.05, 0.1) is 38.3 Å². The van der Waals surface area contributed by atoms with Crippen LogP contribution in [-0.4, -0.2) is 53.1 Å². The average Bonchev–Trinajstić information content (AvgIpc) is 2.71. The van der Waals surface area contributed by atoms with Gasteiger partial charge in [0.25, 0.3) is 5.91 Å². The number of anilines is 1. The molecule has 0 aromatic heterocycles. The second kappa shape index (κ2) is 10.1. The molecule has 0 spiro atoms. The minimum absolute atomic E-state index is 0.0477. The molecule has 9 heteroatoms. The van der Waals surface area contributed by atoms with Gasteiger partial charge in [0, 0.05) is 19.2 Å². The van der Waals surface area contributed by atoms with Crippen LogP contribution in [0, 0.1) is 0 Å². The molecule has 1 amide bonds. The van der Waals surface area contributed by atoms with Crippen LogP contribution in [-0.2, 0) is 16.6 Å². The standard InChI is InChI=1S/C20H26N2O6S/c1-27-18-12-16(20(24)21-10-7-11-23)17(13-19(18)28-2)22(29(3,25)26)14-15-8-5-4-6-9-15/h4-6,8-9,12-13,23H,7,10-11,14H2,1-3H3,(H,21,24). The van der Waals surface area contributed by atoms with Crippen LogP contribution in [0.15, 0.2) is 42.5 Å². The van der Waals surface area contributed by atoms with Gasteiger partial charge in [-0.05, 0) is 18.1 Å². The quantitative estimate of drug-likeness (QED) is 0.566. The lowest BCUT2D eigenvalue weighted by atomic mass is 10.1. The van der Waals surface area contributed by atoms with Crippen molar-refractivity contribution in [2.75, 3.05) is 37.9 Å². The second-order valence-corrected chi connectivity index (χ2v) is 8.22. The topological polar surface area (TPSA) is 105 Å². The summed E-state index contributed by atoms with van der Waals surface area (Å²) in [4.78, 5) is 12.8. The zero-order valence-corrected chi connectivity index (χ0v) is 17.5. The molecular weight excluding hydrogens is 396 g/mol. The van der Waals surface area contributed by atoms with Crippen molar-refractivity contribution < 1.29 is 27.8 Å². The Morgan fingerprint density at radius 2 is 1.72 bits per heavy atom. The molecule has 0 heterocycles. The Labute approximate surface area is 171 Å². The van der Waals surface area contributed by atoms with Crippen LogP contribution < -0.4 is 19.1 Å². The molecule has 0 atom stereocenters. The molecular formula is C20H26N2O6S. The Morgan fingerprint density at radius 1 is 1.10 bits per heavy atom. The number of nitrogens with one attached hydrogen (secondary N) is 1. The number of amides is 1. The summed E-state index contributed by atoms with van der Waals surface area (Å²) in [7, 11) is -0.856. The highest BCUT2D eigenvalue weighted by molar-refractivity contribution is 7.92. The third-order valence-electron chi connectivity index (χ3n) is 4.20. The summed E-state index contributed by atoms with van der Waals surface area (Å²) in [6, 6.07) is 12.0. The van der Waals surface area contributed by atoms with E-state index in [-0.39, 0.29) is 30.9 Å². The zero-order chi connectivity index (χ0) is 21.4. The fraction of sp³-hybridized carbons (Fsp3) is 0.350. The molecule has 2 aromatic rings. The summed E-state index contributed by atoms with van der Waals surface area (Å²) < 4.78 is 37.0. The Kier molecular flexibility index (Phi) is 7.86. The summed E-state index contributed by atoms with van der Waals surface area (Å²) >= 11 is 0. The van der Waals surface area contributed by atoms with Gasteiger partial charge in [-0.1, -0.05) is 30.3 Å². The number of hydrogen-bond donors (Lipinski definition) is 2. The minimum Gasteiger partial charge on any atom is -0.493 e. The molecule has 0 aliphatic carbocycles. The van der Waals surface area contributed by atoms with E-state index in [9.17, 15) is 13.2 Å². The maximum atomic E-state index is 12.8. The smallest absolute Gasteiger partial charge is 0.253 e. The number of aliphatic hydroxyl groups excluding tert-OH is 1. The zero-order valence-electron chi connectivity index (χ0n) is 16.7. The van der Waals surface area contributed by atoms with E-state index in [2.05, 4.69) is 5.32 Å². The van der Waals surface area contributed by atoms with Gasteiger partial charge in [0.1, 0.15) is 0 Å². The summed E-state index contributed by atoms with van der Waals surface area (Å²) in [6.07, 6.45) is 1.47. The number of methoxy groups -OCH3 is 2. The molecule has 0 aliphatic rings. The predicted molar refractivity (Wildman–Crippen MR) is 111 cm³/mol. The van der Waals surface area contributed by atoms with Gasteiger partial charge in [-0.15, -0.1) is 0 Å². The molecule has 2 rings (SSSR count). The molecule has 2 N–H and O–H groups in total. The molecule has 8 nitrogen and oxygen atoms in total. The molecule has 29 heavy (non-hydrogen) atoms. The number of benzene rings is 2. The first-order valence-corrected chi connectivity index (χ1v) is 10.8. The van der Waals surface area contributed by atoms with Crippen molar-refractivity contribution in [3.05, 3.63) is 53.6 Å². The van der Waals surface area contributed by atoms with Gasteiger partial charge in [-0.25, -0.2) is 8.42 Å². The van der Waals surface area contributed by atoms with E-state index in [1.54, 1.807) is 12.1 Å². The summed E-state index contributed by atoms with van der Waals surface area (Å²) in [5, 5.41) is 11.6. The predicted octanol–water partition coefficient (Wildman–Crippen LogP) is 1.78. The largest absolute Gasteiger partial charge is 0.493 e. The Hall–Kier alpha value is -2.78. The van der Waals surface area contributed by atoms with E-state index in [1.807, 2.05) is 18.2 Å². The summed E-state index contributed by atoms with van der Waals surface area (Å²) in [5.41, 5.74) is 1.07. The van der Waals surface area contributed by atoms with Gasteiger partial charge in [-0.2, -0.15) is 0 Å². The van der Waals surface area contributed by atoms with Crippen LogP contribution in [0.4, 0.5) is 5.69 Å². The maximum Gasteiger partial charge on any atom is 0.253 e. The van der Waals surface area contributed by atoms with Crippen LogP contribution >= 0.6 is 0 Å². The van der Waals surface area contributed by atoms with E-state index in [0.717, 1.165) is 16.1 Å². The first-order chi connectivity index (χ1) is 13.8. The van der Waals surface area contributed by atoms with Crippen molar-refractivity contribution in [2.45, 2.75) is 13.0 Å². The molecule has 158 valence electrons. The summed E-state index contributed by atoms with van der Waals surface area (Å²) in [5.74, 6) is 0.129. The number of sulfonamides is 1. The second-order valence-electron chi connectivity index (χ2n) is 6.31. The molecule has 0 unspecified atom stereocenters. The number of carbonyl (C=O) groups excluding carboxylic acids is 1. The Bertz CT molecular complexity index is 931. The molecule has 2 aromatic carbocycles. The lowest BCUT2D eigenvalue weighted by molar-refractivity contribution is 0.0951. The third-order valence-corrected chi connectivity index (χ3v) is 5.33. The van der Waals surface area contributed by atoms with Gasteiger partial charge in [0.2, 0.25) is 10.0 Å². The van der Waals surface area contributed by atoms with E-state index in [4.69, 9.17) is 14.6 Å². The lowest BCUT2D eigenvalue weighted by Crippen LogP contribution is -2.33. The van der Waals surface area contributed by atoms with Crippen LogP contribution in [0.2, 0.25) is 0 Å². The van der Waals surface area contributed by atoms with Crippen molar-refractivity contribution in [1.29, 1.82) is 0 Å². The van der Waals surface area contributed by atoms with Crippen molar-refractivity contribution >= 4 is 21.6 Å². The van der Waals surface area contributed by atoms with Crippen LogP contribution in [0.25, 0.3) is 0 Å². The van der Waals surface area contributed by atoms with Gasteiger partial charge in [-0.3, -0.25) is 9.10 Å². The van der Waals surface area contributed by atoms with Crippen molar-refractivity contribution in [1.82, 2.24) is 5.32 Å². The van der Waals surface area contributed by atoms with Crippen molar-refractivity contribution in [3.63, 3.8) is 0 Å². The number of rotatable bonds is 10. The molecule has 0 bridgehead atoms. The molecule has 0 fully saturated rings. The SMILES string of the molecule is COc1cc(C(=O)NCCCO)c(N(Cc2ccccc2)S(C)(=O)=O)cc1OC. The normalized spacial score (nSPS) is 11.0. The van der Waals surface area contributed by atoms with E-state index < -0.39 is 15.9 Å². The molecule has 0 saturated carbocycles. The number of ether oxygens (including phenoxy) is 2. The van der Waals surface area contributed by atoms with Crippen molar-refractivity contribution in [2.24, 2.45) is 0 Å². The fourth-order valence-electron chi connectivity index (χ4n) is 2.76. The Morgan fingerprint density at radius 3 is 2.28 bits per heavy atom. The molecule has 0 aliphatic heterocycles. The highest BCUT2D eigenvalue weighted by Gasteiger charge is 2.26. The number of carbonyl (C=O) groups is 1. The highest BCUT2D eigenvalue weighted by atomic mass is 32.2. The van der Waals surface area contributed by atoms with E-state index in [1.165, 1.54) is 26.4 Å². The lowest BCUT2D eigenvalue weighted by Gasteiger charge is -2.26. The average molecular weight is 423 g/mol. The van der Waals surface area contributed by atoms with Gasteiger partial charge >= 0.3 is 0 Å². The summed E-state index contributed by atoms with van der Waals surface area (Å²) in [6.45, 7) is 0.231. The van der Waals surface area contributed by atoms with E-state index >= 15 is 0 Å². The van der Waals surface area contributed by atoms with Gasteiger partial charge in [0.15, 0.2) is 11.5 Å². The number of aliphatic hydroxyl groups is 1. The first-order valence-electron chi connectivity index (χ1n) is 8.98. The minimum atomic E-state index is -3.72. The van der Waals surface area contributed by atoms with Crippen LogP contribution in [0.1, 0.15) is 22.3 Å². The van der Waals surface area contributed by atoms with Crippen LogP contribution in [0.5, 0.6) is 11.5 Å². The Balaban J connectivity index is 2.59. The van der Waals surface area contributed by atoms with Crippen molar-refractivity contribution in [3.8, 4) is 11.5 Å². The van der Waals surface area contributed by atoms with E-state index in [0.29, 0.717) is 17.9 Å². The number of hydrogen-bond acceptors (Lipinski definition) is 6. The number of nitrogens with zero attached hydrogens (tertiary/aromatic N) is 1. The maximum absolute atomic E-state index is 12.8. The fourth-order valence-corrected chi connectivity index (χ4v) is 3.65. The van der Waals surface area contributed by atoms with Gasteiger partial charge < -0.3 is 19.9 Å².